The van der Waals surface area contributed by atoms with Crippen LogP contribution in [0.5, 0.6) is 5.75 Å². The van der Waals surface area contributed by atoms with E-state index in [4.69, 9.17) is 4.74 Å². The maximum atomic E-state index is 5.21. The second kappa shape index (κ2) is 7.46. The van der Waals surface area contributed by atoms with Crippen molar-refractivity contribution in [1.29, 1.82) is 0 Å². The topological polar surface area (TPSA) is 21.3 Å². The normalized spacial score (nSPS) is 10.2. The van der Waals surface area contributed by atoms with Crippen molar-refractivity contribution in [2.24, 2.45) is 0 Å². The van der Waals surface area contributed by atoms with Gasteiger partial charge in [-0.15, -0.1) is 11.8 Å². The first-order valence-electron chi connectivity index (χ1n) is 6.04. The molecule has 4 heteroatoms. The lowest BCUT2D eigenvalue weighted by atomic mass is 10.3. The van der Waals surface area contributed by atoms with Crippen molar-refractivity contribution >= 4 is 33.4 Å². The van der Waals surface area contributed by atoms with Crippen LogP contribution in [0.15, 0.2) is 57.9 Å². The Bertz CT molecular complexity index is 516. The third-order valence-corrected chi connectivity index (χ3v) is 4.11. The smallest absolute Gasteiger partial charge is 0.119 e. The molecule has 0 aromatic heterocycles. The molecule has 2 nitrogen and oxygen atoms in total. The van der Waals surface area contributed by atoms with Crippen LogP contribution in [0.1, 0.15) is 0 Å². The van der Waals surface area contributed by atoms with Crippen LogP contribution in [0.25, 0.3) is 0 Å². The quantitative estimate of drug-likeness (QED) is 0.611. The van der Waals surface area contributed by atoms with E-state index in [0.29, 0.717) is 0 Å². The van der Waals surface area contributed by atoms with E-state index >= 15 is 0 Å². The number of hydrogen-bond donors (Lipinski definition) is 1. The van der Waals surface area contributed by atoms with Gasteiger partial charge in [-0.3, -0.25) is 0 Å². The molecule has 0 saturated carbocycles. The van der Waals surface area contributed by atoms with Crippen LogP contribution in [0.4, 0.5) is 5.69 Å². The zero-order valence-corrected chi connectivity index (χ0v) is 13.1. The van der Waals surface area contributed by atoms with E-state index in [1.165, 1.54) is 4.90 Å². The number of thioether (sulfide) groups is 1. The van der Waals surface area contributed by atoms with Crippen LogP contribution in [0, 0.1) is 0 Å². The maximum Gasteiger partial charge on any atom is 0.119 e. The number of anilines is 1. The van der Waals surface area contributed by atoms with Crippen LogP contribution in [-0.4, -0.2) is 19.4 Å². The predicted octanol–water partition coefficient (Wildman–Crippen LogP) is 4.66. The lowest BCUT2D eigenvalue weighted by molar-refractivity contribution is 0.413. The lowest BCUT2D eigenvalue weighted by Gasteiger charge is -2.07. The molecule has 0 amide bonds. The molecule has 0 fully saturated rings. The Morgan fingerprint density at radius 3 is 2.68 bits per heavy atom. The van der Waals surface area contributed by atoms with Crippen LogP contribution < -0.4 is 10.1 Å². The van der Waals surface area contributed by atoms with Crippen LogP contribution in [0.2, 0.25) is 0 Å². The predicted molar refractivity (Wildman–Crippen MR) is 86.3 cm³/mol. The van der Waals surface area contributed by atoms with Gasteiger partial charge in [0.2, 0.25) is 0 Å². The molecule has 0 radical (unpaired) electrons. The van der Waals surface area contributed by atoms with E-state index in [1.807, 2.05) is 36.0 Å². The monoisotopic (exact) mass is 337 g/mol. The Morgan fingerprint density at radius 1 is 1.16 bits per heavy atom. The summed E-state index contributed by atoms with van der Waals surface area (Å²) in [7, 11) is 1.69. The van der Waals surface area contributed by atoms with Gasteiger partial charge < -0.3 is 10.1 Å². The van der Waals surface area contributed by atoms with Gasteiger partial charge >= 0.3 is 0 Å². The van der Waals surface area contributed by atoms with E-state index in [-0.39, 0.29) is 0 Å². The van der Waals surface area contributed by atoms with Gasteiger partial charge in [-0.2, -0.15) is 0 Å². The van der Waals surface area contributed by atoms with Crippen molar-refractivity contribution in [2.75, 3.05) is 24.7 Å². The zero-order valence-electron chi connectivity index (χ0n) is 10.7. The SMILES string of the molecule is COc1cccc(SCCNc2ccc(Br)cc2)c1. The first kappa shape index (κ1) is 14.3. The molecule has 100 valence electrons. The fourth-order valence-electron chi connectivity index (χ4n) is 1.62. The van der Waals surface area contributed by atoms with E-state index in [2.05, 4.69) is 45.5 Å². The Hall–Kier alpha value is -1.13. The van der Waals surface area contributed by atoms with Gasteiger partial charge in [0.1, 0.15) is 5.75 Å². The zero-order chi connectivity index (χ0) is 13.5. The molecule has 0 unspecified atom stereocenters. The molecule has 0 bridgehead atoms. The molecule has 0 aliphatic carbocycles. The van der Waals surface area contributed by atoms with Crippen molar-refractivity contribution in [3.8, 4) is 5.75 Å². The lowest BCUT2D eigenvalue weighted by Crippen LogP contribution is -2.03. The number of rotatable bonds is 6. The average Bonchev–Trinajstić information content (AvgIpc) is 2.46. The van der Waals surface area contributed by atoms with Gasteiger partial charge in [-0.05, 0) is 42.5 Å². The molecule has 2 rings (SSSR count). The number of ether oxygens (including phenoxy) is 1. The number of hydrogen-bond acceptors (Lipinski definition) is 3. The van der Waals surface area contributed by atoms with E-state index in [9.17, 15) is 0 Å². The van der Waals surface area contributed by atoms with Gasteiger partial charge in [0, 0.05) is 27.4 Å². The Labute approximate surface area is 126 Å². The third-order valence-electron chi connectivity index (χ3n) is 2.59. The summed E-state index contributed by atoms with van der Waals surface area (Å²) in [5.74, 6) is 1.93. The Balaban J connectivity index is 1.75. The number of benzene rings is 2. The number of nitrogens with one attached hydrogen (secondary N) is 1. The highest BCUT2D eigenvalue weighted by atomic mass is 79.9. The van der Waals surface area contributed by atoms with Crippen LogP contribution in [-0.2, 0) is 0 Å². The molecule has 0 spiro atoms. The Kier molecular flexibility index (Phi) is 5.61. The summed E-state index contributed by atoms with van der Waals surface area (Å²) < 4.78 is 6.31. The summed E-state index contributed by atoms with van der Waals surface area (Å²) in [6.45, 7) is 0.934. The van der Waals surface area contributed by atoms with Gasteiger partial charge in [-0.25, -0.2) is 0 Å². The van der Waals surface area contributed by atoms with Gasteiger partial charge in [0.05, 0.1) is 7.11 Å². The molecule has 0 heterocycles. The standard InChI is InChI=1S/C15H16BrNOS/c1-18-14-3-2-4-15(11-14)19-10-9-17-13-7-5-12(16)6-8-13/h2-8,11,17H,9-10H2,1H3. The summed E-state index contributed by atoms with van der Waals surface area (Å²) in [6.07, 6.45) is 0. The third kappa shape index (κ3) is 4.80. The highest BCUT2D eigenvalue weighted by Crippen LogP contribution is 2.22. The Morgan fingerprint density at radius 2 is 1.95 bits per heavy atom. The molecule has 2 aromatic rings. The minimum atomic E-state index is 0.908. The summed E-state index contributed by atoms with van der Waals surface area (Å²) >= 11 is 5.25. The molecule has 0 aliphatic rings. The molecule has 0 saturated heterocycles. The average molecular weight is 338 g/mol. The minimum Gasteiger partial charge on any atom is -0.497 e. The second-order valence-corrected chi connectivity index (χ2v) is 6.05. The largest absolute Gasteiger partial charge is 0.497 e. The van der Waals surface area contributed by atoms with Crippen molar-refractivity contribution in [2.45, 2.75) is 4.90 Å². The molecule has 1 N–H and O–H groups in total. The van der Waals surface area contributed by atoms with Crippen molar-refractivity contribution in [1.82, 2.24) is 0 Å². The highest BCUT2D eigenvalue weighted by molar-refractivity contribution is 9.10. The molecule has 0 atom stereocenters. The van der Waals surface area contributed by atoms with Crippen LogP contribution in [0.3, 0.4) is 0 Å². The summed E-state index contributed by atoms with van der Waals surface area (Å²) in [5, 5.41) is 3.40. The van der Waals surface area contributed by atoms with Gasteiger partial charge in [0.15, 0.2) is 0 Å². The molecule has 0 aliphatic heterocycles. The summed E-state index contributed by atoms with van der Waals surface area (Å²) in [4.78, 5) is 1.23. The molecule has 2 aromatic carbocycles. The van der Waals surface area contributed by atoms with Crippen molar-refractivity contribution < 1.29 is 4.74 Å². The summed E-state index contributed by atoms with van der Waals surface area (Å²) in [5.41, 5.74) is 1.15. The second-order valence-electron chi connectivity index (χ2n) is 3.96. The van der Waals surface area contributed by atoms with E-state index in [0.717, 1.165) is 28.2 Å². The summed E-state index contributed by atoms with van der Waals surface area (Å²) in [6, 6.07) is 16.4. The van der Waals surface area contributed by atoms with Crippen LogP contribution >= 0.6 is 27.7 Å². The van der Waals surface area contributed by atoms with Crippen molar-refractivity contribution in [3.05, 3.63) is 53.0 Å². The number of halogens is 1. The van der Waals surface area contributed by atoms with Gasteiger partial charge in [-0.1, -0.05) is 22.0 Å². The first-order valence-corrected chi connectivity index (χ1v) is 7.82. The maximum absolute atomic E-state index is 5.21. The number of methoxy groups -OCH3 is 1. The van der Waals surface area contributed by atoms with Gasteiger partial charge in [0.25, 0.3) is 0 Å². The van der Waals surface area contributed by atoms with E-state index in [1.54, 1.807) is 7.11 Å². The molecule has 19 heavy (non-hydrogen) atoms. The fraction of sp³-hybridized carbons (Fsp3) is 0.200. The van der Waals surface area contributed by atoms with Crippen molar-refractivity contribution in [3.63, 3.8) is 0 Å². The fourth-order valence-corrected chi connectivity index (χ4v) is 2.70. The molecular weight excluding hydrogens is 322 g/mol. The van der Waals surface area contributed by atoms with E-state index < -0.39 is 0 Å². The first-order chi connectivity index (χ1) is 9.28. The molecular formula is C15H16BrNOS. The highest BCUT2D eigenvalue weighted by Gasteiger charge is 1.97. The minimum absolute atomic E-state index is 0.908.